The molecule has 3 nitrogen and oxygen atoms in total. The molecule has 1 amide bonds. The van der Waals surface area contributed by atoms with Crippen LogP contribution in [0.25, 0.3) is 0 Å². The lowest BCUT2D eigenvalue weighted by Gasteiger charge is -2.15. The van der Waals surface area contributed by atoms with Crippen LogP contribution in [0.4, 0.5) is 0 Å². The number of hydrogen-bond donors (Lipinski definition) is 0. The Kier molecular flexibility index (Phi) is 3.80. The predicted octanol–water partition coefficient (Wildman–Crippen LogP) is 2.23. The van der Waals surface area contributed by atoms with Crippen LogP contribution in [-0.2, 0) is 9.59 Å². The van der Waals surface area contributed by atoms with Crippen LogP contribution in [0.5, 0.6) is 0 Å². The maximum Gasteiger partial charge on any atom is 0.222 e. The molecule has 1 aromatic carbocycles. The molecule has 1 aliphatic rings. The van der Waals surface area contributed by atoms with E-state index >= 15 is 0 Å². The number of benzene rings is 1. The Morgan fingerprint density at radius 3 is 2.44 bits per heavy atom. The predicted molar refractivity (Wildman–Crippen MR) is 70.2 cm³/mol. The molecule has 2 atom stereocenters. The van der Waals surface area contributed by atoms with Crippen molar-refractivity contribution >= 4 is 11.7 Å². The maximum absolute atomic E-state index is 11.8. The van der Waals surface area contributed by atoms with Gasteiger partial charge in [0.25, 0.3) is 0 Å². The van der Waals surface area contributed by atoms with E-state index in [0.29, 0.717) is 19.5 Å². The first-order valence-electron chi connectivity index (χ1n) is 6.46. The highest BCUT2D eigenvalue weighted by Gasteiger charge is 2.37. The first-order valence-corrected chi connectivity index (χ1v) is 6.46. The summed E-state index contributed by atoms with van der Waals surface area (Å²) in [4.78, 5) is 25.3. The molecule has 0 N–H and O–H groups in total. The molecule has 0 spiro atoms. The lowest BCUT2D eigenvalue weighted by atomic mass is 9.87. The largest absolute Gasteiger partial charge is 0.341 e. The summed E-state index contributed by atoms with van der Waals surface area (Å²) in [6, 6.07) is 10.0. The molecule has 2 rings (SSSR count). The zero-order chi connectivity index (χ0) is 13.1. The van der Waals surface area contributed by atoms with Gasteiger partial charge in [-0.1, -0.05) is 37.3 Å². The lowest BCUT2D eigenvalue weighted by Crippen LogP contribution is -2.28. The summed E-state index contributed by atoms with van der Waals surface area (Å²) in [7, 11) is 0. The number of amides is 1. The van der Waals surface area contributed by atoms with E-state index < -0.39 is 0 Å². The number of rotatable bonds is 3. The normalized spacial score (nSPS) is 23.1. The molecule has 0 aromatic heterocycles. The molecule has 0 aliphatic carbocycles. The van der Waals surface area contributed by atoms with Gasteiger partial charge in [-0.15, -0.1) is 0 Å². The number of ketones is 1. The van der Waals surface area contributed by atoms with Crippen LogP contribution in [0, 0.1) is 5.92 Å². The van der Waals surface area contributed by atoms with Gasteiger partial charge in [-0.2, -0.15) is 0 Å². The Bertz CT molecular complexity index is 441. The van der Waals surface area contributed by atoms with Gasteiger partial charge < -0.3 is 4.90 Å². The highest BCUT2D eigenvalue weighted by Crippen LogP contribution is 2.33. The molecule has 3 heteroatoms. The van der Waals surface area contributed by atoms with Crippen molar-refractivity contribution in [2.75, 3.05) is 13.1 Å². The Hall–Kier alpha value is -1.64. The number of carbonyl (C=O) groups excluding carboxylic acids is 2. The van der Waals surface area contributed by atoms with Crippen LogP contribution < -0.4 is 0 Å². The average Bonchev–Trinajstić information content (AvgIpc) is 2.84. The second-order valence-electron chi connectivity index (χ2n) is 4.89. The minimum atomic E-state index is -0.0529. The number of carbonyl (C=O) groups is 2. The third-order valence-electron chi connectivity index (χ3n) is 3.72. The van der Waals surface area contributed by atoms with Gasteiger partial charge >= 0.3 is 0 Å². The van der Waals surface area contributed by atoms with Crippen molar-refractivity contribution in [1.29, 1.82) is 0 Å². The van der Waals surface area contributed by atoms with Crippen molar-refractivity contribution in [1.82, 2.24) is 4.90 Å². The summed E-state index contributed by atoms with van der Waals surface area (Å²) in [5.74, 6) is 0.414. The van der Waals surface area contributed by atoms with E-state index in [0.717, 1.165) is 5.56 Å². The van der Waals surface area contributed by atoms with Crippen LogP contribution in [0.15, 0.2) is 30.3 Å². The van der Waals surface area contributed by atoms with Crippen LogP contribution in [0.3, 0.4) is 0 Å². The molecule has 96 valence electrons. The zero-order valence-electron chi connectivity index (χ0n) is 10.9. The fraction of sp³-hybridized carbons (Fsp3) is 0.467. The summed E-state index contributed by atoms with van der Waals surface area (Å²) < 4.78 is 0. The van der Waals surface area contributed by atoms with E-state index in [9.17, 15) is 9.59 Å². The summed E-state index contributed by atoms with van der Waals surface area (Å²) in [6.45, 7) is 4.73. The molecule has 1 aliphatic heterocycles. The van der Waals surface area contributed by atoms with Crippen LogP contribution in [-0.4, -0.2) is 29.7 Å². The molecular formula is C15H19NO2. The first kappa shape index (κ1) is 12.8. The zero-order valence-corrected chi connectivity index (χ0v) is 10.9. The van der Waals surface area contributed by atoms with Gasteiger partial charge in [0.15, 0.2) is 0 Å². The van der Waals surface area contributed by atoms with Gasteiger partial charge in [0.05, 0.1) is 0 Å². The maximum atomic E-state index is 11.8. The van der Waals surface area contributed by atoms with Gasteiger partial charge in [0, 0.05) is 31.3 Å². The van der Waals surface area contributed by atoms with Gasteiger partial charge in [0.1, 0.15) is 5.78 Å². The fourth-order valence-corrected chi connectivity index (χ4v) is 2.68. The fourth-order valence-electron chi connectivity index (χ4n) is 2.68. The molecule has 0 unspecified atom stereocenters. The Balaban J connectivity index is 2.23. The summed E-state index contributed by atoms with van der Waals surface area (Å²) in [5.41, 5.74) is 1.16. The molecule has 1 fully saturated rings. The molecule has 0 radical (unpaired) electrons. The van der Waals surface area contributed by atoms with Crippen LogP contribution >= 0.6 is 0 Å². The first-order chi connectivity index (χ1) is 8.63. The summed E-state index contributed by atoms with van der Waals surface area (Å²) in [6.07, 6.45) is 0.506. The summed E-state index contributed by atoms with van der Waals surface area (Å²) >= 11 is 0. The highest BCUT2D eigenvalue weighted by atomic mass is 16.2. The van der Waals surface area contributed by atoms with Crippen molar-refractivity contribution in [3.63, 3.8) is 0 Å². The number of hydrogen-bond acceptors (Lipinski definition) is 2. The quantitative estimate of drug-likeness (QED) is 0.819. The van der Waals surface area contributed by atoms with Gasteiger partial charge in [-0.3, -0.25) is 9.59 Å². The van der Waals surface area contributed by atoms with Crippen LogP contribution in [0.2, 0.25) is 0 Å². The van der Waals surface area contributed by atoms with E-state index in [1.54, 1.807) is 6.92 Å². The molecule has 0 saturated carbocycles. The standard InChI is InChI=1S/C15H19NO2/c1-3-15(18)16-9-13(11(2)17)14(10-16)12-7-5-4-6-8-12/h4-8,13-14H,3,9-10H2,1-2H3/t13-,14-/m0/s1. The Labute approximate surface area is 108 Å². The topological polar surface area (TPSA) is 37.4 Å². The van der Waals surface area contributed by atoms with Gasteiger partial charge in [0.2, 0.25) is 5.91 Å². The van der Waals surface area contributed by atoms with E-state index in [2.05, 4.69) is 0 Å². The van der Waals surface area contributed by atoms with Gasteiger partial charge in [-0.05, 0) is 12.5 Å². The van der Waals surface area contributed by atoms with Crippen molar-refractivity contribution < 1.29 is 9.59 Å². The monoisotopic (exact) mass is 245 g/mol. The molecule has 0 bridgehead atoms. The summed E-state index contributed by atoms with van der Waals surface area (Å²) in [5, 5.41) is 0. The van der Waals surface area contributed by atoms with E-state index in [4.69, 9.17) is 0 Å². The van der Waals surface area contributed by atoms with Crippen molar-refractivity contribution in [3.8, 4) is 0 Å². The molecule has 1 heterocycles. The SMILES string of the molecule is CCC(=O)N1C[C@@H](C(C)=O)[C@H](c2ccccc2)C1. The smallest absolute Gasteiger partial charge is 0.222 e. The molecule has 1 saturated heterocycles. The Morgan fingerprint density at radius 2 is 1.89 bits per heavy atom. The minimum absolute atomic E-state index is 0.0529. The molecular weight excluding hydrogens is 226 g/mol. The second-order valence-corrected chi connectivity index (χ2v) is 4.89. The molecule has 1 aromatic rings. The number of likely N-dealkylation sites (tertiary alicyclic amines) is 1. The van der Waals surface area contributed by atoms with Crippen molar-refractivity contribution in [2.45, 2.75) is 26.2 Å². The Morgan fingerprint density at radius 1 is 1.22 bits per heavy atom. The van der Waals surface area contributed by atoms with Crippen LogP contribution in [0.1, 0.15) is 31.7 Å². The highest BCUT2D eigenvalue weighted by molar-refractivity contribution is 5.83. The third kappa shape index (κ3) is 2.45. The minimum Gasteiger partial charge on any atom is -0.341 e. The van der Waals surface area contributed by atoms with E-state index in [1.165, 1.54) is 0 Å². The number of nitrogens with zero attached hydrogens (tertiary/aromatic N) is 1. The third-order valence-corrected chi connectivity index (χ3v) is 3.72. The number of Topliss-reactive ketones (excluding diaryl/α,β-unsaturated/α-hetero) is 1. The lowest BCUT2D eigenvalue weighted by molar-refractivity contribution is -0.130. The molecule has 18 heavy (non-hydrogen) atoms. The average molecular weight is 245 g/mol. The van der Waals surface area contributed by atoms with Gasteiger partial charge in [-0.25, -0.2) is 0 Å². The van der Waals surface area contributed by atoms with E-state index in [1.807, 2.05) is 42.2 Å². The van der Waals surface area contributed by atoms with E-state index in [-0.39, 0.29) is 23.5 Å². The second kappa shape index (κ2) is 5.34. The van der Waals surface area contributed by atoms with Crippen molar-refractivity contribution in [2.24, 2.45) is 5.92 Å². The van der Waals surface area contributed by atoms with Crippen molar-refractivity contribution in [3.05, 3.63) is 35.9 Å².